The molecule has 0 saturated heterocycles. The number of fused-ring (bicyclic) bond motifs is 5. The van der Waals surface area contributed by atoms with Gasteiger partial charge in [-0.05, 0) is 78.5 Å². The first kappa shape index (κ1) is 15.3. The number of aromatic hydroxyl groups is 1. The summed E-state index contributed by atoms with van der Waals surface area (Å²) >= 11 is 0. The van der Waals surface area contributed by atoms with Crippen LogP contribution in [0.5, 0.6) is 11.5 Å². The Kier molecular flexibility index (Phi) is 3.38. The van der Waals surface area contributed by atoms with Crippen LogP contribution in [-0.2, 0) is 6.42 Å². The van der Waals surface area contributed by atoms with Gasteiger partial charge in [0, 0.05) is 0 Å². The average Bonchev–Trinajstić information content (AvgIpc) is 2.77. The standard InChI is InChI=1S/C19H25FO3/c1-19-6-5-11-12(14(19)9-15(20)18(19)22)4-3-10-7-16(21)17(23-2)8-13(10)11/h7-8,11-12,14-15,18,21-22H,3-6,9H2,1-2H3/t11-,12+,14-,15+,18-,19-/m0/s1. The summed E-state index contributed by atoms with van der Waals surface area (Å²) in [6.07, 6.45) is 2.36. The number of rotatable bonds is 1. The first-order valence-electron chi connectivity index (χ1n) is 8.67. The van der Waals surface area contributed by atoms with Gasteiger partial charge in [-0.3, -0.25) is 0 Å². The normalized spacial score (nSPS) is 41.8. The van der Waals surface area contributed by atoms with Crippen molar-refractivity contribution < 1.29 is 19.3 Å². The lowest BCUT2D eigenvalue weighted by molar-refractivity contribution is -0.0365. The number of ether oxygens (including phenoxy) is 1. The maximum absolute atomic E-state index is 14.2. The van der Waals surface area contributed by atoms with Crippen molar-refractivity contribution in [3.63, 3.8) is 0 Å². The van der Waals surface area contributed by atoms with Crippen LogP contribution in [0.1, 0.15) is 49.7 Å². The summed E-state index contributed by atoms with van der Waals surface area (Å²) < 4.78 is 19.5. The van der Waals surface area contributed by atoms with Crippen LogP contribution in [0.3, 0.4) is 0 Å². The summed E-state index contributed by atoms with van der Waals surface area (Å²) in [6.45, 7) is 2.07. The van der Waals surface area contributed by atoms with E-state index in [4.69, 9.17) is 4.74 Å². The number of aryl methyl sites for hydroxylation is 1. The van der Waals surface area contributed by atoms with Crippen molar-refractivity contribution in [1.29, 1.82) is 0 Å². The molecule has 6 atom stereocenters. The van der Waals surface area contributed by atoms with E-state index in [2.05, 4.69) is 6.92 Å². The fraction of sp³-hybridized carbons (Fsp3) is 0.684. The van der Waals surface area contributed by atoms with Crippen LogP contribution in [0.2, 0.25) is 0 Å². The summed E-state index contributed by atoms with van der Waals surface area (Å²) in [6, 6.07) is 3.81. The van der Waals surface area contributed by atoms with Gasteiger partial charge in [0.15, 0.2) is 11.5 Å². The van der Waals surface area contributed by atoms with Crippen molar-refractivity contribution >= 4 is 0 Å². The number of phenols is 1. The van der Waals surface area contributed by atoms with Gasteiger partial charge in [0.05, 0.1) is 13.2 Å². The fourth-order valence-electron chi connectivity index (χ4n) is 5.69. The highest BCUT2D eigenvalue weighted by atomic mass is 19.1. The molecule has 3 aliphatic rings. The van der Waals surface area contributed by atoms with Gasteiger partial charge in [0.1, 0.15) is 6.17 Å². The molecule has 23 heavy (non-hydrogen) atoms. The van der Waals surface area contributed by atoms with Gasteiger partial charge in [0.25, 0.3) is 0 Å². The zero-order chi connectivity index (χ0) is 16.4. The van der Waals surface area contributed by atoms with E-state index in [0.717, 1.165) is 25.7 Å². The molecule has 0 aliphatic heterocycles. The van der Waals surface area contributed by atoms with Crippen molar-refractivity contribution in [2.24, 2.45) is 17.3 Å². The molecule has 0 heterocycles. The van der Waals surface area contributed by atoms with Gasteiger partial charge in [0.2, 0.25) is 0 Å². The van der Waals surface area contributed by atoms with Crippen molar-refractivity contribution in [1.82, 2.24) is 0 Å². The van der Waals surface area contributed by atoms with Crippen LogP contribution in [0.15, 0.2) is 12.1 Å². The molecule has 2 fully saturated rings. The van der Waals surface area contributed by atoms with E-state index >= 15 is 0 Å². The summed E-state index contributed by atoms with van der Waals surface area (Å²) in [4.78, 5) is 0. The van der Waals surface area contributed by atoms with Crippen LogP contribution in [0.25, 0.3) is 0 Å². The molecular weight excluding hydrogens is 295 g/mol. The Hall–Kier alpha value is -1.29. The van der Waals surface area contributed by atoms with Gasteiger partial charge < -0.3 is 14.9 Å². The molecule has 3 aliphatic carbocycles. The lowest BCUT2D eigenvalue weighted by atomic mass is 9.55. The minimum absolute atomic E-state index is 0.199. The minimum atomic E-state index is -1.08. The molecule has 0 unspecified atom stereocenters. The Morgan fingerprint density at radius 3 is 2.83 bits per heavy atom. The smallest absolute Gasteiger partial charge is 0.160 e. The van der Waals surface area contributed by atoms with Gasteiger partial charge >= 0.3 is 0 Å². The lowest BCUT2D eigenvalue weighted by Crippen LogP contribution is -2.44. The maximum atomic E-state index is 14.2. The maximum Gasteiger partial charge on any atom is 0.160 e. The highest BCUT2D eigenvalue weighted by molar-refractivity contribution is 5.49. The third-order valence-corrected chi connectivity index (χ3v) is 6.96. The van der Waals surface area contributed by atoms with Crippen molar-refractivity contribution in [2.45, 2.75) is 57.2 Å². The molecule has 4 rings (SSSR count). The number of methoxy groups -OCH3 is 1. The number of hydrogen-bond acceptors (Lipinski definition) is 3. The largest absolute Gasteiger partial charge is 0.504 e. The number of alkyl halides is 1. The zero-order valence-corrected chi connectivity index (χ0v) is 13.8. The Bertz CT molecular complexity index is 631. The van der Waals surface area contributed by atoms with E-state index in [-0.39, 0.29) is 17.1 Å². The van der Waals surface area contributed by atoms with Gasteiger partial charge in [-0.25, -0.2) is 4.39 Å². The monoisotopic (exact) mass is 320 g/mol. The van der Waals surface area contributed by atoms with E-state index < -0.39 is 12.3 Å². The van der Waals surface area contributed by atoms with Crippen LogP contribution in [-0.4, -0.2) is 29.6 Å². The van der Waals surface area contributed by atoms with Crippen molar-refractivity contribution in [3.05, 3.63) is 23.3 Å². The summed E-state index contributed by atoms with van der Waals surface area (Å²) in [5.74, 6) is 1.78. The molecular formula is C19H25FO3. The summed E-state index contributed by atoms with van der Waals surface area (Å²) in [5.41, 5.74) is 2.18. The number of phenolic OH excluding ortho intramolecular Hbond substituents is 1. The minimum Gasteiger partial charge on any atom is -0.504 e. The van der Waals surface area contributed by atoms with E-state index in [1.165, 1.54) is 11.1 Å². The third kappa shape index (κ3) is 2.03. The topological polar surface area (TPSA) is 49.7 Å². The van der Waals surface area contributed by atoms with Crippen LogP contribution in [0, 0.1) is 17.3 Å². The molecule has 3 nitrogen and oxygen atoms in total. The van der Waals surface area contributed by atoms with E-state index in [9.17, 15) is 14.6 Å². The Morgan fingerprint density at radius 1 is 1.30 bits per heavy atom. The molecule has 4 heteroatoms. The highest BCUT2D eigenvalue weighted by Gasteiger charge is 2.58. The molecule has 126 valence electrons. The van der Waals surface area contributed by atoms with Gasteiger partial charge in [-0.2, -0.15) is 0 Å². The Morgan fingerprint density at radius 2 is 2.09 bits per heavy atom. The Labute approximate surface area is 136 Å². The molecule has 0 spiro atoms. The second-order valence-electron chi connectivity index (χ2n) is 7.88. The SMILES string of the molecule is COc1cc2c(cc1O)CC[C@@H]1[C@@H]2CC[C@]2(C)[C@@H](O)[C@H](F)C[C@@H]12. The first-order chi connectivity index (χ1) is 11.0. The molecule has 1 aromatic rings. The molecule has 0 aromatic heterocycles. The van der Waals surface area contributed by atoms with Crippen LogP contribution < -0.4 is 4.74 Å². The average molecular weight is 320 g/mol. The van der Waals surface area contributed by atoms with Gasteiger partial charge in [-0.1, -0.05) is 6.92 Å². The zero-order valence-electron chi connectivity index (χ0n) is 13.8. The number of hydrogen-bond donors (Lipinski definition) is 2. The molecule has 0 radical (unpaired) electrons. The quantitative estimate of drug-likeness (QED) is 0.832. The molecule has 0 bridgehead atoms. The lowest BCUT2D eigenvalue weighted by Gasteiger charge is -2.49. The first-order valence-corrected chi connectivity index (χ1v) is 8.67. The second-order valence-corrected chi connectivity index (χ2v) is 7.88. The van der Waals surface area contributed by atoms with Crippen LogP contribution in [0.4, 0.5) is 4.39 Å². The summed E-state index contributed by atoms with van der Waals surface area (Å²) in [7, 11) is 1.57. The van der Waals surface area contributed by atoms with Crippen molar-refractivity contribution in [2.75, 3.05) is 7.11 Å². The number of aliphatic hydroxyl groups is 1. The van der Waals surface area contributed by atoms with Gasteiger partial charge in [-0.15, -0.1) is 0 Å². The predicted octanol–water partition coefficient (Wildman–Crippen LogP) is 3.57. The van der Waals surface area contributed by atoms with Crippen LogP contribution >= 0.6 is 0 Å². The van der Waals surface area contributed by atoms with E-state index in [1.54, 1.807) is 7.11 Å². The predicted molar refractivity (Wildman–Crippen MR) is 85.6 cm³/mol. The molecule has 2 saturated carbocycles. The molecule has 1 aromatic carbocycles. The van der Waals surface area contributed by atoms with E-state index in [0.29, 0.717) is 24.0 Å². The van der Waals surface area contributed by atoms with E-state index in [1.807, 2.05) is 12.1 Å². The van der Waals surface area contributed by atoms with Crippen molar-refractivity contribution in [3.8, 4) is 11.5 Å². The number of halogens is 1. The summed E-state index contributed by atoms with van der Waals surface area (Å²) in [5, 5.41) is 20.3. The number of benzene rings is 1. The molecule has 0 amide bonds. The second kappa shape index (κ2) is 5.10. The Balaban J connectivity index is 1.72. The fourth-order valence-corrected chi connectivity index (χ4v) is 5.69. The number of aliphatic hydroxyl groups excluding tert-OH is 1. The molecule has 2 N–H and O–H groups in total. The third-order valence-electron chi connectivity index (χ3n) is 6.96. The highest BCUT2D eigenvalue weighted by Crippen LogP contribution is 2.61.